The van der Waals surface area contributed by atoms with Crippen molar-refractivity contribution < 1.29 is 9.53 Å². The average Bonchev–Trinajstić information content (AvgIpc) is 2.27. The largest absolute Gasteiger partial charge is 0.380 e. The summed E-state index contributed by atoms with van der Waals surface area (Å²) in [5.74, 6) is 0.0518. The van der Waals surface area contributed by atoms with Gasteiger partial charge in [0.1, 0.15) is 5.38 Å². The number of piperidine rings is 1. The molecule has 0 aromatic heterocycles. The molecule has 1 fully saturated rings. The van der Waals surface area contributed by atoms with Gasteiger partial charge in [0.05, 0.1) is 6.10 Å². The summed E-state index contributed by atoms with van der Waals surface area (Å²) in [5, 5.41) is -0.370. The van der Waals surface area contributed by atoms with Crippen molar-refractivity contribution in [3.05, 3.63) is 0 Å². The Labute approximate surface area is 90.4 Å². The third-order valence-corrected chi connectivity index (χ3v) is 3.14. The summed E-state index contributed by atoms with van der Waals surface area (Å²) in [6.45, 7) is 3.44. The number of carbonyl (C=O) groups is 1. The number of hydrogen-bond acceptors (Lipinski definition) is 2. The van der Waals surface area contributed by atoms with Crippen molar-refractivity contribution in [1.82, 2.24) is 4.90 Å². The molecule has 1 aliphatic rings. The van der Waals surface area contributed by atoms with Crippen molar-refractivity contribution in [1.29, 1.82) is 0 Å². The molecule has 14 heavy (non-hydrogen) atoms. The Hall–Kier alpha value is -0.280. The topological polar surface area (TPSA) is 29.5 Å². The molecule has 0 spiro atoms. The molecule has 0 N–H and O–H groups in total. The number of rotatable bonds is 3. The average molecular weight is 220 g/mol. The molecule has 1 amide bonds. The van der Waals surface area contributed by atoms with E-state index in [2.05, 4.69) is 0 Å². The molecule has 82 valence electrons. The number of methoxy groups -OCH3 is 1. The van der Waals surface area contributed by atoms with E-state index in [4.69, 9.17) is 16.3 Å². The minimum atomic E-state index is -0.370. The predicted octanol–water partition coefficient (Wildman–Crippen LogP) is 1.64. The van der Waals surface area contributed by atoms with Gasteiger partial charge in [-0.1, -0.05) is 6.92 Å². The van der Waals surface area contributed by atoms with Gasteiger partial charge in [-0.2, -0.15) is 0 Å². The molecule has 4 heteroatoms. The fraction of sp³-hybridized carbons (Fsp3) is 0.900. The van der Waals surface area contributed by atoms with Crippen molar-refractivity contribution in [2.75, 3.05) is 20.2 Å². The Bertz CT molecular complexity index is 199. The normalized spacial score (nSPS) is 24.8. The van der Waals surface area contributed by atoms with Gasteiger partial charge in [-0.05, 0) is 19.3 Å². The second-order valence-corrected chi connectivity index (χ2v) is 4.19. The van der Waals surface area contributed by atoms with Crippen molar-refractivity contribution in [2.24, 2.45) is 0 Å². The van der Waals surface area contributed by atoms with E-state index in [9.17, 15) is 4.79 Å². The first kappa shape index (κ1) is 11.8. The molecule has 0 aromatic rings. The van der Waals surface area contributed by atoms with Gasteiger partial charge in [-0.3, -0.25) is 4.79 Å². The summed E-state index contributed by atoms with van der Waals surface area (Å²) in [6, 6.07) is 0. The number of halogens is 1. The van der Waals surface area contributed by atoms with E-state index < -0.39 is 0 Å². The second kappa shape index (κ2) is 5.56. The van der Waals surface area contributed by atoms with Gasteiger partial charge in [0.15, 0.2) is 0 Å². The van der Waals surface area contributed by atoms with Crippen LogP contribution in [0.3, 0.4) is 0 Å². The second-order valence-electron chi connectivity index (χ2n) is 3.66. The van der Waals surface area contributed by atoms with Crippen molar-refractivity contribution >= 4 is 17.5 Å². The van der Waals surface area contributed by atoms with Crippen LogP contribution in [0, 0.1) is 0 Å². The summed E-state index contributed by atoms with van der Waals surface area (Å²) in [7, 11) is 1.69. The van der Waals surface area contributed by atoms with Gasteiger partial charge >= 0.3 is 0 Å². The third kappa shape index (κ3) is 2.85. The minimum absolute atomic E-state index is 0.0518. The molecule has 0 saturated carbocycles. The number of hydrogen-bond donors (Lipinski definition) is 0. The highest BCUT2D eigenvalue weighted by atomic mass is 35.5. The van der Waals surface area contributed by atoms with Crippen LogP contribution in [0.5, 0.6) is 0 Å². The highest BCUT2D eigenvalue weighted by Crippen LogP contribution is 2.15. The van der Waals surface area contributed by atoms with E-state index in [0.717, 1.165) is 19.4 Å². The van der Waals surface area contributed by atoms with Crippen molar-refractivity contribution in [3.63, 3.8) is 0 Å². The van der Waals surface area contributed by atoms with Crippen LogP contribution >= 0.6 is 11.6 Å². The van der Waals surface area contributed by atoms with E-state index in [1.54, 1.807) is 7.11 Å². The zero-order valence-corrected chi connectivity index (χ0v) is 9.59. The predicted molar refractivity (Wildman–Crippen MR) is 56.5 cm³/mol. The zero-order valence-electron chi connectivity index (χ0n) is 8.83. The Balaban J connectivity index is 2.47. The first-order valence-corrected chi connectivity index (χ1v) is 5.58. The van der Waals surface area contributed by atoms with E-state index in [1.165, 1.54) is 0 Å². The van der Waals surface area contributed by atoms with Gasteiger partial charge in [0, 0.05) is 20.2 Å². The maximum absolute atomic E-state index is 11.7. The van der Waals surface area contributed by atoms with Gasteiger partial charge in [-0.15, -0.1) is 11.6 Å². The lowest BCUT2D eigenvalue weighted by Gasteiger charge is -2.32. The fourth-order valence-electron chi connectivity index (χ4n) is 1.70. The lowest BCUT2D eigenvalue weighted by atomic mass is 10.1. The number of carbonyl (C=O) groups excluding carboxylic acids is 1. The lowest BCUT2D eigenvalue weighted by molar-refractivity contribution is -0.134. The minimum Gasteiger partial charge on any atom is -0.380 e. The summed E-state index contributed by atoms with van der Waals surface area (Å²) in [5.41, 5.74) is 0. The number of amides is 1. The monoisotopic (exact) mass is 219 g/mol. The molecule has 0 unspecified atom stereocenters. The molecule has 1 aliphatic heterocycles. The van der Waals surface area contributed by atoms with Crippen LogP contribution in [0.1, 0.15) is 26.2 Å². The molecule has 3 nitrogen and oxygen atoms in total. The van der Waals surface area contributed by atoms with Crippen molar-refractivity contribution in [2.45, 2.75) is 37.7 Å². The van der Waals surface area contributed by atoms with E-state index in [1.807, 2.05) is 11.8 Å². The summed E-state index contributed by atoms with van der Waals surface area (Å²) >= 11 is 5.91. The number of likely N-dealkylation sites (tertiary alicyclic amines) is 1. The van der Waals surface area contributed by atoms with Crippen LogP contribution in [0.4, 0.5) is 0 Å². The Morgan fingerprint density at radius 1 is 1.71 bits per heavy atom. The molecule has 2 atom stereocenters. The lowest BCUT2D eigenvalue weighted by Crippen LogP contribution is -2.45. The highest BCUT2D eigenvalue weighted by molar-refractivity contribution is 6.30. The van der Waals surface area contributed by atoms with Gasteiger partial charge in [0.25, 0.3) is 0 Å². The summed E-state index contributed by atoms with van der Waals surface area (Å²) in [4.78, 5) is 13.5. The van der Waals surface area contributed by atoms with Crippen LogP contribution < -0.4 is 0 Å². The Morgan fingerprint density at radius 3 is 3.00 bits per heavy atom. The maximum Gasteiger partial charge on any atom is 0.240 e. The van der Waals surface area contributed by atoms with Crippen LogP contribution in [-0.4, -0.2) is 42.5 Å². The number of alkyl halides is 1. The number of nitrogens with zero attached hydrogens (tertiary/aromatic N) is 1. The van der Waals surface area contributed by atoms with Crippen LogP contribution in [0.2, 0.25) is 0 Å². The summed E-state index contributed by atoms with van der Waals surface area (Å²) < 4.78 is 5.25. The van der Waals surface area contributed by atoms with E-state index in [-0.39, 0.29) is 17.4 Å². The van der Waals surface area contributed by atoms with Gasteiger partial charge in [-0.25, -0.2) is 0 Å². The smallest absolute Gasteiger partial charge is 0.240 e. The molecule has 1 rings (SSSR count). The van der Waals surface area contributed by atoms with E-state index in [0.29, 0.717) is 13.0 Å². The zero-order chi connectivity index (χ0) is 10.6. The van der Waals surface area contributed by atoms with Crippen LogP contribution in [-0.2, 0) is 9.53 Å². The number of ether oxygens (including phenoxy) is 1. The first-order chi connectivity index (χ1) is 6.69. The molecule has 0 aromatic carbocycles. The Morgan fingerprint density at radius 2 is 2.43 bits per heavy atom. The SMILES string of the molecule is CC[C@H](Cl)C(=O)N1CCC[C@H](OC)C1. The van der Waals surface area contributed by atoms with Crippen LogP contribution in [0.15, 0.2) is 0 Å². The van der Waals surface area contributed by atoms with Crippen molar-refractivity contribution in [3.8, 4) is 0 Å². The molecular weight excluding hydrogens is 202 g/mol. The Kier molecular flexibility index (Phi) is 4.69. The third-order valence-electron chi connectivity index (χ3n) is 2.65. The molecule has 1 saturated heterocycles. The fourth-order valence-corrected chi connectivity index (χ4v) is 1.84. The molecule has 1 heterocycles. The van der Waals surface area contributed by atoms with Crippen LogP contribution in [0.25, 0.3) is 0 Å². The summed E-state index contributed by atoms with van der Waals surface area (Å²) in [6.07, 6.45) is 2.93. The van der Waals surface area contributed by atoms with Gasteiger partial charge < -0.3 is 9.64 Å². The standard InChI is InChI=1S/C10H18ClNO2/c1-3-9(11)10(13)12-6-4-5-8(7-12)14-2/h8-9H,3-7H2,1-2H3/t8-,9-/m0/s1. The van der Waals surface area contributed by atoms with Gasteiger partial charge in [0.2, 0.25) is 5.91 Å². The molecular formula is C10H18ClNO2. The maximum atomic E-state index is 11.7. The molecule has 0 radical (unpaired) electrons. The molecule has 0 aliphatic carbocycles. The molecule has 0 bridgehead atoms. The highest BCUT2D eigenvalue weighted by Gasteiger charge is 2.26. The van der Waals surface area contributed by atoms with E-state index >= 15 is 0 Å². The quantitative estimate of drug-likeness (QED) is 0.676. The first-order valence-electron chi connectivity index (χ1n) is 5.14.